The first kappa shape index (κ1) is 11.2. The second-order valence-electron chi connectivity index (χ2n) is 3.38. The molecule has 0 aromatic heterocycles. The molecule has 2 aromatic rings. The molecule has 0 heterocycles. The summed E-state index contributed by atoms with van der Waals surface area (Å²) in [6, 6.07) is 9.58. The lowest BCUT2D eigenvalue weighted by atomic mass is 10.0. The van der Waals surface area contributed by atoms with E-state index in [9.17, 15) is 18.9 Å². The fraction of sp³-hybridized carbons (Fsp3) is 0. The Morgan fingerprint density at radius 1 is 1.00 bits per heavy atom. The first-order valence-corrected chi connectivity index (χ1v) is 4.79. The highest BCUT2D eigenvalue weighted by molar-refractivity contribution is 5.74. The van der Waals surface area contributed by atoms with Crippen molar-refractivity contribution in [1.82, 2.24) is 0 Å². The van der Waals surface area contributed by atoms with Crippen LogP contribution in [0.4, 0.5) is 14.5 Å². The fourth-order valence-electron chi connectivity index (χ4n) is 1.57. The van der Waals surface area contributed by atoms with Crippen molar-refractivity contribution in [2.75, 3.05) is 0 Å². The number of nitrogens with zero attached hydrogens (tertiary/aromatic N) is 1. The molecule has 0 saturated carbocycles. The lowest BCUT2D eigenvalue weighted by Crippen LogP contribution is -1.97. The van der Waals surface area contributed by atoms with Crippen molar-refractivity contribution in [3.05, 3.63) is 64.2 Å². The Balaban J connectivity index is 2.74. The largest absolute Gasteiger partial charge is 0.280 e. The summed E-state index contributed by atoms with van der Waals surface area (Å²) in [4.78, 5) is 10.0. The predicted molar refractivity (Wildman–Crippen MR) is 58.4 cm³/mol. The number of nitro groups is 1. The molecule has 0 aliphatic rings. The Morgan fingerprint density at radius 3 is 2.24 bits per heavy atom. The molecule has 0 saturated heterocycles. The van der Waals surface area contributed by atoms with Crippen molar-refractivity contribution in [1.29, 1.82) is 0 Å². The Hall–Kier alpha value is -2.30. The van der Waals surface area contributed by atoms with Crippen LogP contribution in [0.5, 0.6) is 0 Å². The zero-order valence-electron chi connectivity index (χ0n) is 8.56. The molecular formula is C12H7F2NO2. The molecule has 0 fully saturated rings. The van der Waals surface area contributed by atoms with Gasteiger partial charge in [-0.05, 0) is 11.6 Å². The van der Waals surface area contributed by atoms with Gasteiger partial charge in [0.15, 0.2) is 11.6 Å². The molecule has 0 bridgehead atoms. The van der Waals surface area contributed by atoms with E-state index in [1.165, 1.54) is 12.1 Å². The molecule has 86 valence electrons. The predicted octanol–water partition coefficient (Wildman–Crippen LogP) is 3.54. The second-order valence-corrected chi connectivity index (χ2v) is 3.38. The van der Waals surface area contributed by atoms with Crippen molar-refractivity contribution in [3.8, 4) is 11.1 Å². The lowest BCUT2D eigenvalue weighted by molar-refractivity contribution is -0.384. The van der Waals surface area contributed by atoms with Crippen LogP contribution in [0.1, 0.15) is 0 Å². The van der Waals surface area contributed by atoms with Crippen molar-refractivity contribution in [2.45, 2.75) is 0 Å². The summed E-state index contributed by atoms with van der Waals surface area (Å²) in [5.74, 6) is -2.31. The van der Waals surface area contributed by atoms with Crippen LogP contribution in [-0.2, 0) is 0 Å². The van der Waals surface area contributed by atoms with E-state index >= 15 is 0 Å². The van der Waals surface area contributed by atoms with Gasteiger partial charge in [0.05, 0.1) is 10.5 Å². The topological polar surface area (TPSA) is 43.1 Å². The number of hydrogen-bond acceptors (Lipinski definition) is 2. The van der Waals surface area contributed by atoms with E-state index in [0.29, 0.717) is 0 Å². The Bertz CT molecular complexity index is 570. The molecule has 0 radical (unpaired) electrons. The van der Waals surface area contributed by atoms with E-state index in [0.717, 1.165) is 12.1 Å². The number of benzene rings is 2. The number of rotatable bonds is 2. The molecule has 0 amide bonds. The summed E-state index contributed by atoms with van der Waals surface area (Å²) >= 11 is 0. The molecule has 0 aliphatic heterocycles. The molecule has 0 aliphatic carbocycles. The van der Waals surface area contributed by atoms with Gasteiger partial charge in [-0.1, -0.05) is 30.3 Å². The van der Waals surface area contributed by atoms with Gasteiger partial charge in [0.25, 0.3) is 5.69 Å². The summed E-state index contributed by atoms with van der Waals surface area (Å²) in [5.41, 5.74) is -0.498. The molecule has 0 N–H and O–H groups in total. The Morgan fingerprint density at radius 2 is 1.65 bits per heavy atom. The molecule has 2 aromatic carbocycles. The highest BCUT2D eigenvalue weighted by Gasteiger charge is 2.22. The monoisotopic (exact) mass is 235 g/mol. The van der Waals surface area contributed by atoms with E-state index < -0.39 is 22.2 Å². The quantitative estimate of drug-likeness (QED) is 0.590. The second kappa shape index (κ2) is 4.29. The molecule has 17 heavy (non-hydrogen) atoms. The summed E-state index contributed by atoms with van der Waals surface area (Å²) in [5, 5.41) is 10.8. The zero-order chi connectivity index (χ0) is 12.4. The van der Waals surface area contributed by atoms with Crippen molar-refractivity contribution < 1.29 is 13.7 Å². The third kappa shape index (κ3) is 1.99. The van der Waals surface area contributed by atoms with E-state index in [1.807, 2.05) is 0 Å². The van der Waals surface area contributed by atoms with Gasteiger partial charge in [-0.15, -0.1) is 0 Å². The lowest BCUT2D eigenvalue weighted by Gasteiger charge is -2.05. The third-order valence-electron chi connectivity index (χ3n) is 2.33. The summed E-state index contributed by atoms with van der Waals surface area (Å²) in [6.07, 6.45) is 0. The van der Waals surface area contributed by atoms with E-state index in [4.69, 9.17) is 0 Å². The van der Waals surface area contributed by atoms with Gasteiger partial charge in [0.2, 0.25) is 0 Å². The van der Waals surface area contributed by atoms with E-state index in [2.05, 4.69) is 0 Å². The summed E-state index contributed by atoms with van der Waals surface area (Å²) in [7, 11) is 0. The molecule has 3 nitrogen and oxygen atoms in total. The highest BCUT2D eigenvalue weighted by atomic mass is 19.2. The molecule has 0 spiro atoms. The third-order valence-corrected chi connectivity index (χ3v) is 2.33. The Labute approximate surface area is 95.5 Å². The van der Waals surface area contributed by atoms with Gasteiger partial charge >= 0.3 is 0 Å². The van der Waals surface area contributed by atoms with Crippen LogP contribution in [-0.4, -0.2) is 4.92 Å². The van der Waals surface area contributed by atoms with E-state index in [1.54, 1.807) is 18.2 Å². The minimum atomic E-state index is -1.20. The summed E-state index contributed by atoms with van der Waals surface area (Å²) in [6.45, 7) is 0. The first-order valence-electron chi connectivity index (χ1n) is 4.79. The van der Waals surface area contributed by atoms with Crippen LogP contribution < -0.4 is 0 Å². The Kier molecular flexibility index (Phi) is 2.82. The van der Waals surface area contributed by atoms with Crippen LogP contribution in [0.3, 0.4) is 0 Å². The number of nitro benzene ring substituents is 1. The molecule has 2 rings (SSSR count). The van der Waals surface area contributed by atoms with E-state index in [-0.39, 0.29) is 11.1 Å². The van der Waals surface area contributed by atoms with Crippen molar-refractivity contribution in [2.24, 2.45) is 0 Å². The van der Waals surface area contributed by atoms with Gasteiger partial charge < -0.3 is 0 Å². The van der Waals surface area contributed by atoms with Gasteiger partial charge in [-0.3, -0.25) is 10.1 Å². The van der Waals surface area contributed by atoms with Gasteiger partial charge in [0.1, 0.15) is 0 Å². The number of halogens is 2. The molecular weight excluding hydrogens is 228 g/mol. The average molecular weight is 235 g/mol. The van der Waals surface area contributed by atoms with Crippen LogP contribution in [0.25, 0.3) is 11.1 Å². The fourth-order valence-corrected chi connectivity index (χ4v) is 1.57. The maximum atomic E-state index is 13.6. The zero-order valence-corrected chi connectivity index (χ0v) is 8.56. The average Bonchev–Trinajstić information content (AvgIpc) is 2.33. The molecule has 0 unspecified atom stereocenters. The van der Waals surface area contributed by atoms with Crippen molar-refractivity contribution >= 4 is 5.69 Å². The van der Waals surface area contributed by atoms with Gasteiger partial charge in [0, 0.05) is 6.07 Å². The standard InChI is InChI=1S/C12H7F2NO2/c13-9-6-7-10(15(16)17)11(12(9)14)8-4-2-1-3-5-8/h1-7H. The molecule has 0 atom stereocenters. The summed E-state index contributed by atoms with van der Waals surface area (Å²) < 4.78 is 26.7. The first-order chi connectivity index (χ1) is 8.11. The molecule has 5 heteroatoms. The SMILES string of the molecule is O=[N+]([O-])c1ccc(F)c(F)c1-c1ccccc1. The van der Waals surface area contributed by atoms with Gasteiger partial charge in [-0.2, -0.15) is 0 Å². The van der Waals surface area contributed by atoms with Crippen molar-refractivity contribution in [3.63, 3.8) is 0 Å². The smallest absolute Gasteiger partial charge is 0.258 e. The number of hydrogen-bond donors (Lipinski definition) is 0. The minimum absolute atomic E-state index is 0.274. The van der Waals surface area contributed by atoms with Crippen LogP contribution in [0, 0.1) is 21.7 Å². The minimum Gasteiger partial charge on any atom is -0.258 e. The maximum absolute atomic E-state index is 13.6. The highest BCUT2D eigenvalue weighted by Crippen LogP contribution is 2.33. The van der Waals surface area contributed by atoms with Crippen LogP contribution >= 0.6 is 0 Å². The normalized spacial score (nSPS) is 10.2. The maximum Gasteiger partial charge on any atom is 0.280 e. The van der Waals surface area contributed by atoms with Crippen LogP contribution in [0.15, 0.2) is 42.5 Å². The van der Waals surface area contributed by atoms with Gasteiger partial charge in [-0.25, -0.2) is 8.78 Å². The van der Waals surface area contributed by atoms with Crippen LogP contribution in [0.2, 0.25) is 0 Å².